The lowest BCUT2D eigenvalue weighted by Crippen LogP contribution is -2.27. The van der Waals surface area contributed by atoms with E-state index in [1.807, 2.05) is 22.6 Å². The Morgan fingerprint density at radius 3 is 2.86 bits per heavy atom. The van der Waals surface area contributed by atoms with Gasteiger partial charge in [-0.05, 0) is 71.7 Å². The Kier molecular flexibility index (Phi) is 3.97. The van der Waals surface area contributed by atoms with Crippen molar-refractivity contribution in [3.8, 4) is 0 Å². The summed E-state index contributed by atoms with van der Waals surface area (Å²) in [6.07, 6.45) is 1.83. The summed E-state index contributed by atoms with van der Waals surface area (Å²) in [6, 6.07) is 10.9. The highest BCUT2D eigenvalue weighted by Crippen LogP contribution is 2.32. The van der Waals surface area contributed by atoms with E-state index in [2.05, 4.69) is 30.4 Å². The summed E-state index contributed by atoms with van der Waals surface area (Å²) in [5.41, 5.74) is 3.77. The molecular weight excluding hydrogens is 380 g/mol. The summed E-state index contributed by atoms with van der Waals surface area (Å²) < 4.78 is 14.6. The number of carbonyl (C=O) groups is 1. The van der Waals surface area contributed by atoms with Crippen LogP contribution in [0.1, 0.15) is 39.5 Å². The summed E-state index contributed by atoms with van der Waals surface area (Å²) in [4.78, 5) is 12.3. The monoisotopic (exact) mass is 395 g/mol. The first kappa shape index (κ1) is 14.5. The fraction of sp³-hybridized carbons (Fsp3) is 0.235. The smallest absolute Gasteiger partial charge is 0.254 e. The molecule has 108 valence electrons. The van der Waals surface area contributed by atoms with Crippen molar-refractivity contribution in [2.75, 3.05) is 0 Å². The van der Waals surface area contributed by atoms with Gasteiger partial charge >= 0.3 is 0 Å². The second-order valence-electron chi connectivity index (χ2n) is 5.39. The van der Waals surface area contributed by atoms with E-state index in [4.69, 9.17) is 0 Å². The zero-order chi connectivity index (χ0) is 15.0. The minimum absolute atomic E-state index is 0.0215. The maximum absolute atomic E-state index is 13.9. The van der Waals surface area contributed by atoms with Gasteiger partial charge in [-0.15, -0.1) is 0 Å². The zero-order valence-corrected chi connectivity index (χ0v) is 13.8. The number of fused-ring (bicyclic) bond motifs is 1. The lowest BCUT2D eigenvalue weighted by atomic mass is 10.1. The Morgan fingerprint density at radius 2 is 2.10 bits per heavy atom. The van der Waals surface area contributed by atoms with E-state index in [0.717, 1.165) is 22.0 Å². The third-order valence-electron chi connectivity index (χ3n) is 3.86. The van der Waals surface area contributed by atoms with Crippen LogP contribution in [0, 0.1) is 16.3 Å². The van der Waals surface area contributed by atoms with Crippen LogP contribution in [0.2, 0.25) is 0 Å². The van der Waals surface area contributed by atoms with Crippen LogP contribution in [0.3, 0.4) is 0 Å². The highest BCUT2D eigenvalue weighted by Gasteiger charge is 2.25. The van der Waals surface area contributed by atoms with Crippen molar-refractivity contribution in [1.82, 2.24) is 5.32 Å². The lowest BCUT2D eigenvalue weighted by Gasteiger charge is -2.15. The van der Waals surface area contributed by atoms with Crippen LogP contribution in [-0.4, -0.2) is 5.91 Å². The molecule has 0 aliphatic heterocycles. The molecule has 0 fully saturated rings. The fourth-order valence-corrected chi connectivity index (χ4v) is 3.26. The van der Waals surface area contributed by atoms with E-state index in [9.17, 15) is 9.18 Å². The largest absolute Gasteiger partial charge is 0.345 e. The number of rotatable bonds is 2. The van der Waals surface area contributed by atoms with Crippen LogP contribution >= 0.6 is 22.6 Å². The molecule has 1 N–H and O–H groups in total. The van der Waals surface area contributed by atoms with Crippen LogP contribution in [0.5, 0.6) is 0 Å². The average molecular weight is 395 g/mol. The standard InChI is InChI=1S/C17H15FINO/c1-10-2-5-13-11(8-10)3-7-16(13)20-17(21)14-6-4-12(19)9-15(14)18/h2,4-6,8-9,16H,3,7H2,1H3,(H,20,21)/t16-/m1/s1. The first-order valence-corrected chi connectivity index (χ1v) is 7.98. The predicted molar refractivity (Wildman–Crippen MR) is 88.8 cm³/mol. The molecule has 0 saturated carbocycles. The first-order valence-electron chi connectivity index (χ1n) is 6.90. The Hall–Kier alpha value is -1.43. The first-order chi connectivity index (χ1) is 10.0. The summed E-state index contributed by atoms with van der Waals surface area (Å²) in [6.45, 7) is 2.06. The van der Waals surface area contributed by atoms with Gasteiger partial charge in [0.05, 0.1) is 11.6 Å². The van der Waals surface area contributed by atoms with Crippen LogP contribution in [0.15, 0.2) is 36.4 Å². The molecule has 2 aromatic rings. The number of halogens is 2. The molecule has 0 unspecified atom stereocenters. The molecule has 3 rings (SSSR count). The molecule has 1 amide bonds. The van der Waals surface area contributed by atoms with Gasteiger partial charge in [-0.1, -0.05) is 23.8 Å². The second kappa shape index (κ2) is 5.75. The van der Waals surface area contributed by atoms with E-state index in [-0.39, 0.29) is 17.5 Å². The number of carbonyl (C=O) groups excluding carboxylic acids is 1. The summed E-state index contributed by atoms with van der Waals surface area (Å²) in [5.74, 6) is -0.816. The van der Waals surface area contributed by atoms with Crippen LogP contribution in [0.25, 0.3) is 0 Å². The highest BCUT2D eigenvalue weighted by molar-refractivity contribution is 14.1. The number of aryl methyl sites for hydroxylation is 2. The molecule has 0 spiro atoms. The number of nitrogens with one attached hydrogen (secondary N) is 1. The van der Waals surface area contributed by atoms with E-state index in [1.165, 1.54) is 23.3 Å². The molecule has 2 nitrogen and oxygen atoms in total. The van der Waals surface area contributed by atoms with Gasteiger partial charge in [-0.2, -0.15) is 0 Å². The molecule has 0 aromatic heterocycles. The molecule has 0 saturated heterocycles. The highest BCUT2D eigenvalue weighted by atomic mass is 127. The van der Waals surface area contributed by atoms with Crippen molar-refractivity contribution in [1.29, 1.82) is 0 Å². The third-order valence-corrected chi connectivity index (χ3v) is 4.53. The Balaban J connectivity index is 1.81. The zero-order valence-electron chi connectivity index (χ0n) is 11.6. The number of benzene rings is 2. The number of hydrogen-bond donors (Lipinski definition) is 1. The van der Waals surface area contributed by atoms with Crippen molar-refractivity contribution in [2.45, 2.75) is 25.8 Å². The van der Waals surface area contributed by atoms with Crippen molar-refractivity contribution in [3.05, 3.63) is 68.0 Å². The number of hydrogen-bond acceptors (Lipinski definition) is 1. The third kappa shape index (κ3) is 2.95. The van der Waals surface area contributed by atoms with Crippen molar-refractivity contribution >= 4 is 28.5 Å². The van der Waals surface area contributed by atoms with Crippen molar-refractivity contribution in [3.63, 3.8) is 0 Å². The van der Waals surface area contributed by atoms with Gasteiger partial charge in [0.25, 0.3) is 5.91 Å². The van der Waals surface area contributed by atoms with E-state index >= 15 is 0 Å². The second-order valence-corrected chi connectivity index (χ2v) is 6.64. The lowest BCUT2D eigenvalue weighted by molar-refractivity contribution is 0.0932. The molecule has 0 bridgehead atoms. The molecule has 1 aliphatic carbocycles. The summed E-state index contributed by atoms with van der Waals surface area (Å²) >= 11 is 2.03. The average Bonchev–Trinajstić information content (AvgIpc) is 2.80. The molecular formula is C17H15FINO. The topological polar surface area (TPSA) is 29.1 Å². The maximum Gasteiger partial charge on any atom is 0.254 e. The fourth-order valence-electron chi connectivity index (χ4n) is 2.81. The van der Waals surface area contributed by atoms with Gasteiger partial charge in [-0.3, -0.25) is 4.79 Å². The van der Waals surface area contributed by atoms with Gasteiger partial charge in [0.2, 0.25) is 0 Å². The molecule has 1 aliphatic rings. The summed E-state index contributed by atoms with van der Waals surface area (Å²) in [5, 5.41) is 2.95. The van der Waals surface area contributed by atoms with Gasteiger partial charge < -0.3 is 5.32 Å². The minimum atomic E-state index is -0.471. The normalized spacial score (nSPS) is 16.6. The molecule has 0 radical (unpaired) electrons. The molecule has 2 aromatic carbocycles. The molecule has 0 heterocycles. The van der Waals surface area contributed by atoms with Crippen LogP contribution in [-0.2, 0) is 6.42 Å². The molecule has 4 heteroatoms. The van der Waals surface area contributed by atoms with Gasteiger partial charge in [0, 0.05) is 3.57 Å². The summed E-state index contributed by atoms with van der Waals surface area (Å²) in [7, 11) is 0. The quantitative estimate of drug-likeness (QED) is 0.761. The Labute approximate surface area is 136 Å². The van der Waals surface area contributed by atoms with Crippen LogP contribution < -0.4 is 5.32 Å². The molecule has 21 heavy (non-hydrogen) atoms. The Morgan fingerprint density at radius 1 is 1.29 bits per heavy atom. The molecule has 1 atom stereocenters. The van der Waals surface area contributed by atoms with E-state index in [0.29, 0.717) is 0 Å². The van der Waals surface area contributed by atoms with Crippen molar-refractivity contribution in [2.24, 2.45) is 0 Å². The van der Waals surface area contributed by atoms with Crippen molar-refractivity contribution < 1.29 is 9.18 Å². The van der Waals surface area contributed by atoms with Crippen LogP contribution in [0.4, 0.5) is 4.39 Å². The van der Waals surface area contributed by atoms with Gasteiger partial charge in [-0.25, -0.2) is 4.39 Å². The predicted octanol–water partition coefficient (Wildman–Crippen LogP) is 4.16. The van der Waals surface area contributed by atoms with E-state index < -0.39 is 5.82 Å². The van der Waals surface area contributed by atoms with Gasteiger partial charge in [0.15, 0.2) is 0 Å². The number of amides is 1. The SMILES string of the molecule is Cc1ccc2c(c1)CC[C@H]2NC(=O)c1ccc(I)cc1F. The minimum Gasteiger partial charge on any atom is -0.345 e. The van der Waals surface area contributed by atoms with E-state index in [1.54, 1.807) is 6.07 Å². The Bertz CT molecular complexity index is 714. The maximum atomic E-state index is 13.9. The van der Waals surface area contributed by atoms with Gasteiger partial charge in [0.1, 0.15) is 5.82 Å².